The molecule has 114 valence electrons. The first-order valence-electron chi connectivity index (χ1n) is 6.93. The first kappa shape index (κ1) is 17.1. The Labute approximate surface area is 125 Å². The molecule has 2 N–H and O–H groups in total. The first-order valence-corrected chi connectivity index (χ1v) is 7.81. The standard InChI is InChI=1S/C14H25N3O2S/c1-6-17(11(4)18)13-16-12(8-20-13)7-15-9-14(5,19)10(2)3/h8,10,15,19H,6-7,9H2,1-5H3. The van der Waals surface area contributed by atoms with E-state index >= 15 is 0 Å². The zero-order valence-electron chi connectivity index (χ0n) is 12.9. The molecule has 0 aliphatic rings. The van der Waals surface area contributed by atoms with E-state index in [1.807, 2.05) is 33.1 Å². The van der Waals surface area contributed by atoms with Crippen molar-refractivity contribution in [2.45, 2.75) is 46.8 Å². The summed E-state index contributed by atoms with van der Waals surface area (Å²) in [6, 6.07) is 0. The van der Waals surface area contributed by atoms with Gasteiger partial charge in [0, 0.05) is 31.9 Å². The molecule has 0 saturated heterocycles. The summed E-state index contributed by atoms with van der Waals surface area (Å²) in [7, 11) is 0. The highest BCUT2D eigenvalue weighted by Gasteiger charge is 2.24. The summed E-state index contributed by atoms with van der Waals surface area (Å²) in [6.45, 7) is 11.0. The zero-order chi connectivity index (χ0) is 15.3. The van der Waals surface area contributed by atoms with E-state index in [0.29, 0.717) is 19.6 Å². The minimum Gasteiger partial charge on any atom is -0.389 e. The molecule has 0 aliphatic carbocycles. The summed E-state index contributed by atoms with van der Waals surface area (Å²) >= 11 is 1.47. The van der Waals surface area contributed by atoms with Gasteiger partial charge in [-0.3, -0.25) is 9.69 Å². The van der Waals surface area contributed by atoms with E-state index in [1.165, 1.54) is 11.3 Å². The Morgan fingerprint density at radius 3 is 2.75 bits per heavy atom. The van der Waals surface area contributed by atoms with Gasteiger partial charge in [-0.2, -0.15) is 0 Å². The highest BCUT2D eigenvalue weighted by Crippen LogP contribution is 2.21. The third kappa shape index (κ3) is 4.54. The summed E-state index contributed by atoms with van der Waals surface area (Å²) in [4.78, 5) is 17.5. The summed E-state index contributed by atoms with van der Waals surface area (Å²) in [6.07, 6.45) is 0. The molecule has 1 rings (SSSR count). The van der Waals surface area contributed by atoms with Crippen LogP contribution in [-0.2, 0) is 11.3 Å². The van der Waals surface area contributed by atoms with Gasteiger partial charge in [-0.05, 0) is 19.8 Å². The van der Waals surface area contributed by atoms with Gasteiger partial charge in [-0.15, -0.1) is 11.3 Å². The van der Waals surface area contributed by atoms with E-state index in [0.717, 1.165) is 10.8 Å². The van der Waals surface area contributed by atoms with Gasteiger partial charge >= 0.3 is 0 Å². The number of thiazole rings is 1. The fourth-order valence-electron chi connectivity index (χ4n) is 1.64. The molecule has 0 saturated carbocycles. The summed E-state index contributed by atoms with van der Waals surface area (Å²) < 4.78 is 0. The minimum atomic E-state index is -0.728. The molecule has 6 heteroatoms. The van der Waals surface area contributed by atoms with Crippen LogP contribution >= 0.6 is 11.3 Å². The fraction of sp³-hybridized carbons (Fsp3) is 0.714. The van der Waals surface area contributed by atoms with Gasteiger partial charge in [-0.25, -0.2) is 4.98 Å². The number of rotatable bonds is 7. The maximum Gasteiger partial charge on any atom is 0.225 e. The second-order valence-electron chi connectivity index (χ2n) is 5.50. The molecule has 1 unspecified atom stereocenters. The van der Waals surface area contributed by atoms with Crippen LogP contribution in [0.5, 0.6) is 0 Å². The highest BCUT2D eigenvalue weighted by atomic mass is 32.1. The number of carbonyl (C=O) groups is 1. The van der Waals surface area contributed by atoms with Gasteiger partial charge < -0.3 is 10.4 Å². The van der Waals surface area contributed by atoms with Crippen LogP contribution in [0.15, 0.2) is 5.38 Å². The Bertz CT molecular complexity index is 443. The molecule has 0 aliphatic heterocycles. The van der Waals surface area contributed by atoms with Gasteiger partial charge in [0.2, 0.25) is 5.91 Å². The second-order valence-corrected chi connectivity index (χ2v) is 6.34. The zero-order valence-corrected chi connectivity index (χ0v) is 13.8. The average Bonchev–Trinajstić information content (AvgIpc) is 2.77. The molecule has 0 fully saturated rings. The van der Waals surface area contributed by atoms with Crippen LogP contribution in [0.1, 0.15) is 40.3 Å². The van der Waals surface area contributed by atoms with E-state index in [2.05, 4.69) is 10.3 Å². The number of nitrogens with one attached hydrogen (secondary N) is 1. The molecule has 1 amide bonds. The third-order valence-corrected chi connectivity index (χ3v) is 4.41. The average molecular weight is 299 g/mol. The Balaban J connectivity index is 2.55. The van der Waals surface area contributed by atoms with Crippen molar-refractivity contribution < 1.29 is 9.90 Å². The van der Waals surface area contributed by atoms with Gasteiger partial charge in [-0.1, -0.05) is 13.8 Å². The van der Waals surface area contributed by atoms with Crippen LogP contribution < -0.4 is 10.2 Å². The van der Waals surface area contributed by atoms with Gasteiger partial charge in [0.25, 0.3) is 0 Å². The van der Waals surface area contributed by atoms with Crippen LogP contribution in [0.25, 0.3) is 0 Å². The fourth-order valence-corrected chi connectivity index (χ4v) is 2.57. The lowest BCUT2D eigenvalue weighted by Crippen LogP contribution is -2.42. The molecular formula is C14H25N3O2S. The van der Waals surface area contributed by atoms with Crippen molar-refractivity contribution in [2.75, 3.05) is 18.0 Å². The van der Waals surface area contributed by atoms with E-state index < -0.39 is 5.60 Å². The van der Waals surface area contributed by atoms with Crippen molar-refractivity contribution in [3.63, 3.8) is 0 Å². The molecule has 0 bridgehead atoms. The van der Waals surface area contributed by atoms with Crippen LogP contribution in [0, 0.1) is 5.92 Å². The number of nitrogens with zero attached hydrogens (tertiary/aromatic N) is 2. The Morgan fingerprint density at radius 2 is 2.25 bits per heavy atom. The van der Waals surface area contributed by atoms with Crippen molar-refractivity contribution in [1.82, 2.24) is 10.3 Å². The summed E-state index contributed by atoms with van der Waals surface area (Å²) in [5, 5.41) is 16.0. The number of aliphatic hydroxyl groups is 1. The Hall–Kier alpha value is -0.980. The Kier molecular flexibility index (Phi) is 6.10. The number of hydrogen-bond donors (Lipinski definition) is 2. The van der Waals surface area contributed by atoms with Gasteiger partial charge in [0.05, 0.1) is 11.3 Å². The van der Waals surface area contributed by atoms with Crippen molar-refractivity contribution in [1.29, 1.82) is 0 Å². The molecule has 5 nitrogen and oxygen atoms in total. The van der Waals surface area contributed by atoms with Crippen LogP contribution in [0.4, 0.5) is 5.13 Å². The molecule has 20 heavy (non-hydrogen) atoms. The van der Waals surface area contributed by atoms with E-state index in [-0.39, 0.29) is 11.8 Å². The molecule has 1 atom stereocenters. The smallest absolute Gasteiger partial charge is 0.225 e. The first-order chi connectivity index (χ1) is 9.27. The molecule has 0 radical (unpaired) electrons. The summed E-state index contributed by atoms with van der Waals surface area (Å²) in [5.74, 6) is 0.193. The minimum absolute atomic E-state index is 0.00380. The van der Waals surface area contributed by atoms with Crippen molar-refractivity contribution >= 4 is 22.4 Å². The normalized spacial score (nSPS) is 14.3. The quantitative estimate of drug-likeness (QED) is 0.808. The number of aromatic nitrogens is 1. The molecular weight excluding hydrogens is 274 g/mol. The molecule has 1 aromatic heterocycles. The van der Waals surface area contributed by atoms with Crippen molar-refractivity contribution in [3.8, 4) is 0 Å². The van der Waals surface area contributed by atoms with Gasteiger partial charge in [0.1, 0.15) is 0 Å². The number of carbonyl (C=O) groups excluding carboxylic acids is 1. The third-order valence-electron chi connectivity index (χ3n) is 3.50. The monoisotopic (exact) mass is 299 g/mol. The van der Waals surface area contributed by atoms with Crippen LogP contribution in [-0.4, -0.2) is 34.7 Å². The highest BCUT2D eigenvalue weighted by molar-refractivity contribution is 7.14. The lowest BCUT2D eigenvalue weighted by molar-refractivity contribution is -0.116. The van der Waals surface area contributed by atoms with Crippen molar-refractivity contribution in [3.05, 3.63) is 11.1 Å². The predicted octanol–water partition coefficient (Wildman–Crippen LogP) is 2.01. The molecule has 0 spiro atoms. The van der Waals surface area contributed by atoms with E-state index in [1.54, 1.807) is 11.8 Å². The molecule has 0 aromatic carbocycles. The molecule has 1 heterocycles. The lowest BCUT2D eigenvalue weighted by atomic mass is 9.92. The molecule has 1 aromatic rings. The van der Waals surface area contributed by atoms with E-state index in [4.69, 9.17) is 0 Å². The second kappa shape index (κ2) is 7.15. The maximum absolute atomic E-state index is 11.4. The van der Waals surface area contributed by atoms with Crippen LogP contribution in [0.2, 0.25) is 0 Å². The van der Waals surface area contributed by atoms with Gasteiger partial charge in [0.15, 0.2) is 5.13 Å². The van der Waals surface area contributed by atoms with Crippen molar-refractivity contribution in [2.24, 2.45) is 5.92 Å². The maximum atomic E-state index is 11.4. The largest absolute Gasteiger partial charge is 0.389 e. The topological polar surface area (TPSA) is 65.5 Å². The lowest BCUT2D eigenvalue weighted by Gasteiger charge is -2.27. The Morgan fingerprint density at radius 1 is 1.60 bits per heavy atom. The van der Waals surface area contributed by atoms with Crippen LogP contribution in [0.3, 0.4) is 0 Å². The SMILES string of the molecule is CCN(C(C)=O)c1nc(CNCC(C)(O)C(C)C)cs1. The predicted molar refractivity (Wildman–Crippen MR) is 83.0 cm³/mol. The summed E-state index contributed by atoms with van der Waals surface area (Å²) in [5.41, 5.74) is 0.164. The number of anilines is 1. The number of amides is 1. The van der Waals surface area contributed by atoms with E-state index in [9.17, 15) is 9.90 Å². The number of hydrogen-bond acceptors (Lipinski definition) is 5.